The van der Waals surface area contributed by atoms with Crippen LogP contribution in [-0.2, 0) is 7.05 Å². The van der Waals surface area contributed by atoms with Gasteiger partial charge in [0.05, 0.1) is 11.7 Å². The molecule has 1 aliphatic heterocycles. The molecule has 9 nitrogen and oxygen atoms in total. The molecule has 1 aromatic carbocycles. The second-order valence-electron chi connectivity index (χ2n) is 7.26. The van der Waals surface area contributed by atoms with Crippen LogP contribution in [0.5, 0.6) is 0 Å². The number of rotatable bonds is 3. The molecule has 3 heterocycles. The Kier molecular flexibility index (Phi) is 5.18. The normalized spacial score (nSPS) is 14.6. The van der Waals surface area contributed by atoms with Gasteiger partial charge in [0, 0.05) is 38.0 Å². The van der Waals surface area contributed by atoms with E-state index < -0.39 is 17.2 Å². The number of likely N-dealkylation sites (tertiary alicyclic amines) is 1. The summed E-state index contributed by atoms with van der Waals surface area (Å²) in [6.45, 7) is 0.769. The number of aromatic amines is 1. The lowest BCUT2D eigenvalue weighted by Crippen LogP contribution is -2.45. The van der Waals surface area contributed by atoms with Gasteiger partial charge < -0.3 is 9.88 Å². The minimum atomic E-state index is -0.626. The van der Waals surface area contributed by atoms with E-state index in [0.29, 0.717) is 31.6 Å². The molecule has 0 bridgehead atoms. The Labute approximate surface area is 171 Å². The number of H-pyrrole nitrogens is 1. The number of aromatic nitrogens is 4. The van der Waals surface area contributed by atoms with Crippen molar-refractivity contribution in [2.24, 2.45) is 7.05 Å². The first kappa shape index (κ1) is 19.6. The van der Waals surface area contributed by atoms with E-state index in [1.54, 1.807) is 11.0 Å². The fourth-order valence-corrected chi connectivity index (χ4v) is 3.65. The molecule has 0 unspecified atom stereocenters. The maximum Gasteiger partial charge on any atom is 0.328 e. The van der Waals surface area contributed by atoms with E-state index in [0.717, 1.165) is 16.3 Å². The summed E-state index contributed by atoms with van der Waals surface area (Å²) in [7, 11) is 1.32. The van der Waals surface area contributed by atoms with E-state index in [2.05, 4.69) is 10.1 Å². The number of nitrogens with zero attached hydrogens (tertiary/aromatic N) is 4. The van der Waals surface area contributed by atoms with Crippen LogP contribution in [0.1, 0.15) is 29.2 Å². The molecule has 1 aliphatic rings. The number of carbonyl (C=O) groups is 1. The third-order valence-corrected chi connectivity index (χ3v) is 5.40. The van der Waals surface area contributed by atoms with E-state index in [1.807, 2.05) is 30.3 Å². The van der Waals surface area contributed by atoms with Crippen molar-refractivity contribution in [3.63, 3.8) is 0 Å². The summed E-state index contributed by atoms with van der Waals surface area (Å²) in [6, 6.07) is 12.7. The van der Waals surface area contributed by atoms with Crippen molar-refractivity contribution < 1.29 is 4.79 Å². The molecule has 1 amide bonds. The number of amides is 1. The van der Waals surface area contributed by atoms with Gasteiger partial charge in [-0.3, -0.25) is 19.0 Å². The lowest BCUT2D eigenvalue weighted by Gasteiger charge is -2.32. The van der Waals surface area contributed by atoms with E-state index in [-0.39, 0.29) is 17.2 Å². The van der Waals surface area contributed by atoms with Crippen molar-refractivity contribution in [2.75, 3.05) is 13.1 Å². The van der Waals surface area contributed by atoms with Crippen molar-refractivity contribution in [1.82, 2.24) is 24.2 Å². The highest BCUT2D eigenvalue weighted by molar-refractivity contribution is 5.93. The molecule has 1 fully saturated rings. The number of benzene rings is 1. The summed E-state index contributed by atoms with van der Waals surface area (Å²) in [5.41, 5.74) is 0.183. The van der Waals surface area contributed by atoms with Crippen LogP contribution < -0.4 is 16.8 Å². The van der Waals surface area contributed by atoms with Crippen LogP contribution in [0.15, 0.2) is 63.0 Å². The fourth-order valence-electron chi connectivity index (χ4n) is 3.65. The summed E-state index contributed by atoms with van der Waals surface area (Å²) >= 11 is 0. The van der Waals surface area contributed by atoms with Gasteiger partial charge >= 0.3 is 5.69 Å². The van der Waals surface area contributed by atoms with Gasteiger partial charge in [-0.25, -0.2) is 9.48 Å². The summed E-state index contributed by atoms with van der Waals surface area (Å²) in [5, 5.41) is 4.54. The highest BCUT2D eigenvalue weighted by Crippen LogP contribution is 2.22. The minimum absolute atomic E-state index is 0.0723. The monoisotopic (exact) mass is 407 g/mol. The SMILES string of the molecule is Cn1c(=O)[nH]cc(C(=O)N2CCC(n3nc(-c4ccccc4)ccc3=O)CC2)c1=O. The summed E-state index contributed by atoms with van der Waals surface area (Å²) in [5.74, 6) is -0.427. The van der Waals surface area contributed by atoms with Crippen LogP contribution >= 0.6 is 0 Å². The Bertz CT molecular complexity index is 1250. The predicted molar refractivity (Wildman–Crippen MR) is 110 cm³/mol. The van der Waals surface area contributed by atoms with Crippen LogP contribution in [0.2, 0.25) is 0 Å². The van der Waals surface area contributed by atoms with Gasteiger partial charge in [-0.1, -0.05) is 30.3 Å². The molecule has 9 heteroatoms. The van der Waals surface area contributed by atoms with Crippen LogP contribution in [0.3, 0.4) is 0 Å². The molecule has 1 N–H and O–H groups in total. The van der Waals surface area contributed by atoms with Crippen molar-refractivity contribution >= 4 is 5.91 Å². The van der Waals surface area contributed by atoms with Gasteiger partial charge in [0.25, 0.3) is 17.0 Å². The van der Waals surface area contributed by atoms with Crippen LogP contribution in [-0.4, -0.2) is 43.2 Å². The molecular weight excluding hydrogens is 386 g/mol. The molecule has 3 aromatic rings. The van der Waals surface area contributed by atoms with Crippen LogP contribution in [0, 0.1) is 0 Å². The van der Waals surface area contributed by atoms with Gasteiger partial charge in [0.15, 0.2) is 0 Å². The first-order valence-electron chi connectivity index (χ1n) is 9.69. The second-order valence-corrected chi connectivity index (χ2v) is 7.26. The predicted octanol–water partition coefficient (Wildman–Crippen LogP) is 0.775. The Morgan fingerprint density at radius 2 is 1.73 bits per heavy atom. The molecular formula is C21H21N5O4. The number of hydrogen-bond donors (Lipinski definition) is 1. The van der Waals surface area contributed by atoms with Gasteiger partial charge in [0.2, 0.25) is 0 Å². The van der Waals surface area contributed by atoms with E-state index >= 15 is 0 Å². The first-order chi connectivity index (χ1) is 14.5. The first-order valence-corrected chi connectivity index (χ1v) is 9.69. The molecule has 0 atom stereocenters. The third-order valence-electron chi connectivity index (χ3n) is 5.40. The smallest absolute Gasteiger partial charge is 0.328 e. The molecule has 4 rings (SSSR count). The van der Waals surface area contributed by atoms with Crippen molar-refractivity contribution in [3.05, 3.63) is 85.4 Å². The quantitative estimate of drug-likeness (QED) is 0.690. The molecule has 1 saturated heterocycles. The third kappa shape index (κ3) is 3.61. The van der Waals surface area contributed by atoms with Crippen LogP contribution in [0.4, 0.5) is 0 Å². The topological polar surface area (TPSA) is 110 Å². The maximum absolute atomic E-state index is 12.7. The molecule has 30 heavy (non-hydrogen) atoms. The summed E-state index contributed by atoms with van der Waals surface area (Å²) in [6.07, 6.45) is 2.25. The van der Waals surface area contributed by atoms with Gasteiger partial charge in [-0.2, -0.15) is 5.10 Å². The fraction of sp³-hybridized carbons (Fsp3) is 0.286. The van der Waals surface area contributed by atoms with Crippen molar-refractivity contribution in [2.45, 2.75) is 18.9 Å². The van der Waals surface area contributed by atoms with E-state index in [4.69, 9.17) is 0 Å². The minimum Gasteiger partial charge on any atom is -0.338 e. The number of hydrogen-bond acceptors (Lipinski definition) is 5. The number of carbonyl (C=O) groups excluding carboxylic acids is 1. The zero-order valence-corrected chi connectivity index (χ0v) is 16.4. The average molecular weight is 407 g/mol. The largest absolute Gasteiger partial charge is 0.338 e. The molecule has 0 aliphatic carbocycles. The molecule has 0 spiro atoms. The summed E-state index contributed by atoms with van der Waals surface area (Å²) < 4.78 is 2.36. The van der Waals surface area contributed by atoms with E-state index in [1.165, 1.54) is 17.8 Å². The second kappa shape index (κ2) is 7.94. The van der Waals surface area contributed by atoms with Gasteiger partial charge in [-0.05, 0) is 18.9 Å². The van der Waals surface area contributed by atoms with E-state index in [9.17, 15) is 19.2 Å². The molecule has 2 aromatic heterocycles. The standard InChI is InChI=1S/C21H21N5O4/c1-24-19(28)16(13-22-21(24)30)20(29)25-11-9-15(10-12-25)26-18(27)8-7-17(23-26)14-5-3-2-4-6-14/h2-8,13,15H,9-12H2,1H3,(H,22,30). The number of nitrogens with one attached hydrogen (secondary N) is 1. The highest BCUT2D eigenvalue weighted by Gasteiger charge is 2.27. The Morgan fingerprint density at radius 1 is 1.03 bits per heavy atom. The molecule has 0 radical (unpaired) electrons. The molecule has 0 saturated carbocycles. The van der Waals surface area contributed by atoms with Gasteiger partial charge in [0.1, 0.15) is 5.56 Å². The lowest BCUT2D eigenvalue weighted by molar-refractivity contribution is 0.0685. The number of piperidine rings is 1. The maximum atomic E-state index is 12.7. The Morgan fingerprint density at radius 3 is 2.43 bits per heavy atom. The van der Waals surface area contributed by atoms with Gasteiger partial charge in [-0.15, -0.1) is 0 Å². The molecule has 154 valence electrons. The Balaban J connectivity index is 1.52. The zero-order valence-electron chi connectivity index (χ0n) is 16.4. The summed E-state index contributed by atoms with van der Waals surface area (Å²) in [4.78, 5) is 52.8. The lowest BCUT2D eigenvalue weighted by atomic mass is 10.0. The highest BCUT2D eigenvalue weighted by atomic mass is 16.2. The van der Waals surface area contributed by atoms with Crippen molar-refractivity contribution in [1.29, 1.82) is 0 Å². The van der Waals surface area contributed by atoms with Crippen LogP contribution in [0.25, 0.3) is 11.3 Å². The Hall–Kier alpha value is -3.75. The zero-order chi connectivity index (χ0) is 21.3. The average Bonchev–Trinajstić information content (AvgIpc) is 2.78. The van der Waals surface area contributed by atoms with Crippen molar-refractivity contribution in [3.8, 4) is 11.3 Å².